The second-order valence-electron chi connectivity index (χ2n) is 2.63. The van der Waals surface area contributed by atoms with Crippen molar-refractivity contribution in [2.45, 2.75) is 11.3 Å². The van der Waals surface area contributed by atoms with Gasteiger partial charge in [0.05, 0.1) is 4.90 Å². The molecule has 76 valence electrons. The van der Waals surface area contributed by atoms with Gasteiger partial charge in [-0.1, -0.05) is 12.1 Å². The van der Waals surface area contributed by atoms with Gasteiger partial charge in [0, 0.05) is 23.1 Å². The van der Waals surface area contributed by atoms with E-state index in [1.54, 1.807) is 0 Å². The van der Waals surface area contributed by atoms with Crippen LogP contribution < -0.4 is 5.11 Å². The van der Waals surface area contributed by atoms with Crippen molar-refractivity contribution >= 4 is 25.7 Å². The fourth-order valence-corrected chi connectivity index (χ4v) is 1.79. The van der Waals surface area contributed by atoms with Crippen LogP contribution in [0, 0.1) is 0 Å². The lowest BCUT2D eigenvalue weighted by Gasteiger charge is -2.03. The van der Waals surface area contributed by atoms with E-state index in [0.29, 0.717) is 5.56 Å². The summed E-state index contributed by atoms with van der Waals surface area (Å²) >= 11 is 0. The first-order valence-electron chi connectivity index (χ1n) is 3.63. The lowest BCUT2D eigenvalue weighted by atomic mass is 10.2. The molecule has 0 heterocycles. The van der Waals surface area contributed by atoms with Crippen molar-refractivity contribution in [3.8, 4) is 0 Å². The van der Waals surface area contributed by atoms with Crippen LogP contribution in [-0.4, -0.2) is 14.4 Å². The molecule has 0 aliphatic rings. The Kier molecular flexibility index (Phi) is 3.13. The summed E-state index contributed by atoms with van der Waals surface area (Å²) in [5.74, 6) is -1.27. The molecular formula is C8H6ClO4S-. The summed E-state index contributed by atoms with van der Waals surface area (Å²) in [6.45, 7) is 0. The molecule has 14 heavy (non-hydrogen) atoms. The van der Waals surface area contributed by atoms with Gasteiger partial charge >= 0.3 is 0 Å². The molecule has 0 radical (unpaired) electrons. The summed E-state index contributed by atoms with van der Waals surface area (Å²) in [4.78, 5) is 10.1. The van der Waals surface area contributed by atoms with Crippen LogP contribution >= 0.6 is 10.7 Å². The highest BCUT2D eigenvalue weighted by molar-refractivity contribution is 8.13. The summed E-state index contributed by atoms with van der Waals surface area (Å²) < 4.78 is 21.7. The highest BCUT2D eigenvalue weighted by Gasteiger charge is 2.09. The molecule has 0 aliphatic carbocycles. The number of halogens is 1. The monoisotopic (exact) mass is 233 g/mol. The molecule has 0 atom stereocenters. The number of carbonyl (C=O) groups is 1. The van der Waals surface area contributed by atoms with Crippen molar-refractivity contribution in [1.82, 2.24) is 0 Å². The quantitative estimate of drug-likeness (QED) is 0.684. The number of hydrogen-bond donors (Lipinski definition) is 0. The van der Waals surface area contributed by atoms with Crippen LogP contribution in [0.3, 0.4) is 0 Å². The third-order valence-corrected chi connectivity index (χ3v) is 2.88. The first-order chi connectivity index (χ1) is 6.39. The predicted molar refractivity (Wildman–Crippen MR) is 48.2 cm³/mol. The molecule has 0 amide bonds. The average Bonchev–Trinajstić information content (AvgIpc) is 2.01. The van der Waals surface area contributed by atoms with Crippen LogP contribution in [0.4, 0.5) is 0 Å². The Morgan fingerprint density at radius 3 is 2.57 bits per heavy atom. The van der Waals surface area contributed by atoms with Gasteiger partial charge in [0.1, 0.15) is 0 Å². The minimum absolute atomic E-state index is 0.113. The Balaban J connectivity index is 3.08. The van der Waals surface area contributed by atoms with E-state index in [1.165, 1.54) is 24.3 Å². The fraction of sp³-hybridized carbons (Fsp3) is 0.125. The Bertz CT molecular complexity index is 452. The zero-order chi connectivity index (χ0) is 10.8. The van der Waals surface area contributed by atoms with E-state index in [1.807, 2.05) is 0 Å². The maximum absolute atomic E-state index is 10.9. The molecule has 0 bridgehead atoms. The van der Waals surface area contributed by atoms with Gasteiger partial charge in [-0.25, -0.2) is 8.42 Å². The van der Waals surface area contributed by atoms with E-state index in [2.05, 4.69) is 0 Å². The van der Waals surface area contributed by atoms with Gasteiger partial charge in [-0.15, -0.1) is 0 Å². The summed E-state index contributed by atoms with van der Waals surface area (Å²) in [7, 11) is 1.27. The Morgan fingerprint density at radius 2 is 2.07 bits per heavy atom. The van der Waals surface area contributed by atoms with Crippen molar-refractivity contribution < 1.29 is 18.3 Å². The number of benzene rings is 1. The second kappa shape index (κ2) is 3.98. The second-order valence-corrected chi connectivity index (χ2v) is 5.20. The Labute approximate surface area is 85.5 Å². The minimum Gasteiger partial charge on any atom is -0.550 e. The van der Waals surface area contributed by atoms with Gasteiger partial charge in [-0.2, -0.15) is 0 Å². The number of carbonyl (C=O) groups excluding carboxylic acids is 1. The number of aliphatic carboxylic acids is 1. The third-order valence-electron chi connectivity index (χ3n) is 1.53. The summed E-state index contributed by atoms with van der Waals surface area (Å²) in [5, 5.41) is 10.2. The van der Waals surface area contributed by atoms with Crippen LogP contribution in [0.1, 0.15) is 5.56 Å². The first kappa shape index (κ1) is 11.0. The average molecular weight is 234 g/mol. The lowest BCUT2D eigenvalue weighted by Crippen LogP contribution is -2.24. The zero-order valence-electron chi connectivity index (χ0n) is 6.94. The molecule has 0 N–H and O–H groups in total. The maximum atomic E-state index is 10.9. The molecule has 0 aliphatic heterocycles. The number of carboxylic acid groups (broad SMARTS) is 1. The van der Waals surface area contributed by atoms with Gasteiger partial charge in [-0.05, 0) is 17.7 Å². The highest BCUT2D eigenvalue weighted by atomic mass is 35.7. The Morgan fingerprint density at radius 1 is 1.43 bits per heavy atom. The number of carboxylic acids is 1. The van der Waals surface area contributed by atoms with Crippen molar-refractivity contribution in [3.05, 3.63) is 29.8 Å². The predicted octanol–water partition coefficient (Wildman–Crippen LogP) is -0.0935. The number of rotatable bonds is 3. The fourth-order valence-electron chi connectivity index (χ4n) is 0.974. The van der Waals surface area contributed by atoms with Crippen LogP contribution in [-0.2, 0) is 20.3 Å². The van der Waals surface area contributed by atoms with E-state index < -0.39 is 15.0 Å². The van der Waals surface area contributed by atoms with Crippen molar-refractivity contribution in [2.24, 2.45) is 0 Å². The largest absolute Gasteiger partial charge is 0.550 e. The van der Waals surface area contributed by atoms with E-state index >= 15 is 0 Å². The van der Waals surface area contributed by atoms with Crippen molar-refractivity contribution in [3.63, 3.8) is 0 Å². The van der Waals surface area contributed by atoms with Gasteiger partial charge in [0.2, 0.25) is 0 Å². The molecule has 0 unspecified atom stereocenters. The molecule has 1 rings (SSSR count). The number of hydrogen-bond acceptors (Lipinski definition) is 4. The van der Waals surface area contributed by atoms with Crippen molar-refractivity contribution in [1.29, 1.82) is 0 Å². The van der Waals surface area contributed by atoms with E-state index in [9.17, 15) is 18.3 Å². The maximum Gasteiger partial charge on any atom is 0.261 e. The van der Waals surface area contributed by atoms with E-state index in [-0.39, 0.29) is 11.3 Å². The van der Waals surface area contributed by atoms with Gasteiger partial charge in [-0.3, -0.25) is 0 Å². The molecule has 0 saturated heterocycles. The van der Waals surface area contributed by atoms with Gasteiger partial charge in [0.15, 0.2) is 0 Å². The van der Waals surface area contributed by atoms with Gasteiger partial charge in [0.25, 0.3) is 9.05 Å². The third kappa shape index (κ3) is 3.01. The zero-order valence-corrected chi connectivity index (χ0v) is 8.51. The first-order valence-corrected chi connectivity index (χ1v) is 5.94. The van der Waals surface area contributed by atoms with Crippen LogP contribution in [0.25, 0.3) is 0 Å². The molecule has 0 fully saturated rings. The molecule has 6 heteroatoms. The molecule has 0 aromatic heterocycles. The molecular weight excluding hydrogens is 228 g/mol. The molecule has 4 nitrogen and oxygen atoms in total. The minimum atomic E-state index is -3.80. The lowest BCUT2D eigenvalue weighted by molar-refractivity contribution is -0.304. The van der Waals surface area contributed by atoms with Gasteiger partial charge < -0.3 is 9.90 Å². The standard InChI is InChI=1S/C8H7ClO4S/c9-14(12,13)7-3-1-2-6(4-7)5-8(10)11/h1-4H,5H2,(H,10,11)/p-1. The highest BCUT2D eigenvalue weighted by Crippen LogP contribution is 2.16. The smallest absolute Gasteiger partial charge is 0.261 e. The molecule has 1 aromatic carbocycles. The van der Waals surface area contributed by atoms with Crippen molar-refractivity contribution in [2.75, 3.05) is 0 Å². The summed E-state index contributed by atoms with van der Waals surface area (Å²) in [5.41, 5.74) is 0.340. The summed E-state index contributed by atoms with van der Waals surface area (Å²) in [6.07, 6.45) is -0.333. The SMILES string of the molecule is O=C([O-])Cc1cccc(S(=O)(=O)Cl)c1. The van der Waals surface area contributed by atoms with Crippen LogP contribution in [0.2, 0.25) is 0 Å². The van der Waals surface area contributed by atoms with E-state index in [4.69, 9.17) is 10.7 Å². The van der Waals surface area contributed by atoms with Crippen LogP contribution in [0.15, 0.2) is 29.2 Å². The summed E-state index contributed by atoms with van der Waals surface area (Å²) in [6, 6.07) is 5.41. The van der Waals surface area contributed by atoms with Crippen LogP contribution in [0.5, 0.6) is 0 Å². The molecule has 0 saturated carbocycles. The topological polar surface area (TPSA) is 74.3 Å². The molecule has 1 aromatic rings. The normalized spacial score (nSPS) is 11.2. The molecule has 0 spiro atoms. The van der Waals surface area contributed by atoms with E-state index in [0.717, 1.165) is 0 Å². The Hall–Kier alpha value is -1.07.